The van der Waals surface area contributed by atoms with Gasteiger partial charge in [-0.3, -0.25) is 19.7 Å². The van der Waals surface area contributed by atoms with Gasteiger partial charge in [-0.05, 0) is 31.9 Å². The van der Waals surface area contributed by atoms with Gasteiger partial charge in [0.05, 0.1) is 12.1 Å². The van der Waals surface area contributed by atoms with Crippen molar-refractivity contribution in [2.75, 3.05) is 13.1 Å². The van der Waals surface area contributed by atoms with Crippen molar-refractivity contribution < 1.29 is 14.4 Å². The van der Waals surface area contributed by atoms with Crippen molar-refractivity contribution in [3.8, 4) is 0 Å². The Hall–Kier alpha value is -2.05. The zero-order chi connectivity index (χ0) is 17.4. The normalized spacial score (nSPS) is 12.9. The minimum Gasteiger partial charge on any atom is -0.350 e. The van der Waals surface area contributed by atoms with Gasteiger partial charge in [-0.1, -0.05) is 19.7 Å². The fourth-order valence-corrected chi connectivity index (χ4v) is 1.66. The summed E-state index contributed by atoms with van der Waals surface area (Å²) in [6, 6.07) is -1.54. The topological polar surface area (TPSA) is 101 Å². The smallest absolute Gasteiger partial charge is 0.246 e. The molecule has 0 saturated heterocycles. The van der Waals surface area contributed by atoms with Gasteiger partial charge in [0.15, 0.2) is 11.6 Å². The summed E-state index contributed by atoms with van der Waals surface area (Å²) >= 11 is 0. The Morgan fingerprint density at radius 1 is 0.909 bits per heavy atom. The summed E-state index contributed by atoms with van der Waals surface area (Å²) in [4.78, 5) is 35.7. The van der Waals surface area contributed by atoms with Crippen LogP contribution in [-0.2, 0) is 14.4 Å². The SMILES string of the molecule is C=C(C)C(=O)NCC(NC(CN)C(=O)C(=C)C)C(=O)C(=C)C. The fourth-order valence-electron chi connectivity index (χ4n) is 1.66. The Labute approximate surface area is 131 Å². The van der Waals surface area contributed by atoms with E-state index in [0.717, 1.165) is 0 Å². The van der Waals surface area contributed by atoms with E-state index in [2.05, 4.69) is 30.4 Å². The highest BCUT2D eigenvalue weighted by Crippen LogP contribution is 2.02. The quantitative estimate of drug-likeness (QED) is 0.502. The third-order valence-corrected chi connectivity index (χ3v) is 2.97. The molecule has 6 nitrogen and oxygen atoms in total. The third-order valence-electron chi connectivity index (χ3n) is 2.97. The lowest BCUT2D eigenvalue weighted by Gasteiger charge is -2.24. The average molecular weight is 307 g/mol. The van der Waals surface area contributed by atoms with Gasteiger partial charge in [-0.2, -0.15) is 0 Å². The molecule has 0 aliphatic carbocycles. The molecule has 0 aliphatic heterocycles. The Kier molecular flexibility index (Phi) is 8.22. The van der Waals surface area contributed by atoms with Crippen LogP contribution in [-0.4, -0.2) is 42.6 Å². The van der Waals surface area contributed by atoms with Crippen LogP contribution in [0.4, 0.5) is 0 Å². The maximum absolute atomic E-state index is 12.2. The van der Waals surface area contributed by atoms with Crippen LogP contribution < -0.4 is 16.4 Å². The first-order valence-electron chi connectivity index (χ1n) is 6.91. The molecule has 2 unspecified atom stereocenters. The predicted octanol–water partition coefficient (Wildman–Crippen LogP) is 0.255. The predicted molar refractivity (Wildman–Crippen MR) is 87.2 cm³/mol. The van der Waals surface area contributed by atoms with Gasteiger partial charge < -0.3 is 11.1 Å². The number of amides is 1. The maximum atomic E-state index is 12.2. The number of Topliss-reactive ketones (excluding diaryl/α,β-unsaturated/α-hetero) is 2. The van der Waals surface area contributed by atoms with Crippen molar-refractivity contribution in [1.29, 1.82) is 0 Å². The minimum absolute atomic E-state index is 0.0113. The van der Waals surface area contributed by atoms with E-state index < -0.39 is 12.1 Å². The lowest BCUT2D eigenvalue weighted by atomic mass is 10.0. The summed E-state index contributed by atoms with van der Waals surface area (Å²) in [5.74, 6) is -0.930. The van der Waals surface area contributed by atoms with Crippen LogP contribution in [0, 0.1) is 0 Å². The molecule has 0 fully saturated rings. The number of carbonyl (C=O) groups is 3. The van der Waals surface area contributed by atoms with E-state index in [4.69, 9.17) is 5.73 Å². The molecule has 0 aromatic carbocycles. The fraction of sp³-hybridized carbons (Fsp3) is 0.438. The van der Waals surface area contributed by atoms with E-state index in [-0.39, 0.29) is 30.6 Å². The zero-order valence-corrected chi connectivity index (χ0v) is 13.5. The molecule has 0 radical (unpaired) electrons. The monoisotopic (exact) mass is 307 g/mol. The van der Waals surface area contributed by atoms with Crippen LogP contribution in [0.1, 0.15) is 20.8 Å². The largest absolute Gasteiger partial charge is 0.350 e. The first-order chi connectivity index (χ1) is 10.1. The summed E-state index contributed by atoms with van der Waals surface area (Å²) in [6.07, 6.45) is 0. The van der Waals surface area contributed by atoms with Crippen LogP contribution in [0.2, 0.25) is 0 Å². The van der Waals surface area contributed by atoms with Gasteiger partial charge in [-0.15, -0.1) is 0 Å². The Balaban J connectivity index is 5.07. The maximum Gasteiger partial charge on any atom is 0.246 e. The molecule has 22 heavy (non-hydrogen) atoms. The van der Waals surface area contributed by atoms with E-state index in [9.17, 15) is 14.4 Å². The minimum atomic E-state index is -0.794. The van der Waals surface area contributed by atoms with Crippen LogP contribution in [0.25, 0.3) is 0 Å². The van der Waals surface area contributed by atoms with Gasteiger partial charge in [0.25, 0.3) is 0 Å². The lowest BCUT2D eigenvalue weighted by Crippen LogP contribution is -2.55. The van der Waals surface area contributed by atoms with Gasteiger partial charge >= 0.3 is 0 Å². The molecule has 1 amide bonds. The molecular formula is C16H25N3O3. The standard InChI is InChI=1S/C16H25N3O3/c1-9(2)14(20)12(7-17)19-13(15(21)10(3)4)8-18-16(22)11(5)6/h12-13,19H,1,3,5,7-8,17H2,2,4,6H3,(H,18,22). The molecular weight excluding hydrogens is 282 g/mol. The molecule has 6 heteroatoms. The summed E-state index contributed by atoms with van der Waals surface area (Å²) in [6.45, 7) is 15.4. The highest BCUT2D eigenvalue weighted by atomic mass is 16.2. The van der Waals surface area contributed by atoms with Crippen molar-refractivity contribution in [3.05, 3.63) is 36.5 Å². The second-order valence-electron chi connectivity index (χ2n) is 5.29. The van der Waals surface area contributed by atoms with Crippen molar-refractivity contribution >= 4 is 17.5 Å². The Bertz CT molecular complexity index is 509. The third kappa shape index (κ3) is 6.15. The molecule has 0 saturated carbocycles. The van der Waals surface area contributed by atoms with Crippen LogP contribution >= 0.6 is 0 Å². The number of nitrogens with two attached hydrogens (primary N) is 1. The number of rotatable bonds is 10. The summed E-state index contributed by atoms with van der Waals surface area (Å²) in [5, 5.41) is 5.45. The van der Waals surface area contributed by atoms with E-state index in [1.54, 1.807) is 20.8 Å². The van der Waals surface area contributed by atoms with Gasteiger partial charge in [0, 0.05) is 18.7 Å². The molecule has 122 valence electrons. The van der Waals surface area contributed by atoms with Crippen LogP contribution in [0.5, 0.6) is 0 Å². The number of carbonyl (C=O) groups excluding carboxylic acids is 3. The lowest BCUT2D eigenvalue weighted by molar-refractivity contribution is -0.120. The van der Waals surface area contributed by atoms with Crippen molar-refractivity contribution in [2.24, 2.45) is 5.73 Å². The highest BCUT2D eigenvalue weighted by molar-refractivity contribution is 6.01. The van der Waals surface area contributed by atoms with Crippen LogP contribution in [0.3, 0.4) is 0 Å². The van der Waals surface area contributed by atoms with Gasteiger partial charge in [-0.25, -0.2) is 0 Å². The number of hydrogen-bond acceptors (Lipinski definition) is 5. The Morgan fingerprint density at radius 2 is 1.36 bits per heavy atom. The molecule has 0 spiro atoms. The average Bonchev–Trinajstić information content (AvgIpc) is 2.45. The van der Waals surface area contributed by atoms with Crippen molar-refractivity contribution in [1.82, 2.24) is 10.6 Å². The van der Waals surface area contributed by atoms with E-state index in [1.807, 2.05) is 0 Å². The first-order valence-corrected chi connectivity index (χ1v) is 6.91. The van der Waals surface area contributed by atoms with Crippen molar-refractivity contribution in [3.63, 3.8) is 0 Å². The van der Waals surface area contributed by atoms with E-state index >= 15 is 0 Å². The molecule has 2 atom stereocenters. The Morgan fingerprint density at radius 3 is 1.73 bits per heavy atom. The molecule has 4 N–H and O–H groups in total. The van der Waals surface area contributed by atoms with E-state index in [0.29, 0.717) is 16.7 Å². The summed E-state index contributed by atoms with van der Waals surface area (Å²) < 4.78 is 0. The van der Waals surface area contributed by atoms with Gasteiger partial charge in [0.2, 0.25) is 5.91 Å². The van der Waals surface area contributed by atoms with Crippen LogP contribution in [0.15, 0.2) is 36.5 Å². The number of hydrogen-bond donors (Lipinski definition) is 3. The number of ketones is 2. The molecule has 0 aromatic rings. The second kappa shape index (κ2) is 9.07. The van der Waals surface area contributed by atoms with Crippen molar-refractivity contribution in [2.45, 2.75) is 32.9 Å². The molecule has 0 aromatic heterocycles. The molecule has 0 heterocycles. The first kappa shape index (κ1) is 19.9. The molecule has 0 rings (SSSR count). The molecule has 0 bridgehead atoms. The van der Waals surface area contributed by atoms with E-state index in [1.165, 1.54) is 0 Å². The zero-order valence-electron chi connectivity index (χ0n) is 13.5. The molecule has 0 aliphatic rings. The highest BCUT2D eigenvalue weighted by Gasteiger charge is 2.26. The van der Waals surface area contributed by atoms with Gasteiger partial charge in [0.1, 0.15) is 0 Å². The second-order valence-corrected chi connectivity index (χ2v) is 5.29. The summed E-state index contributed by atoms with van der Waals surface area (Å²) in [7, 11) is 0. The summed E-state index contributed by atoms with van der Waals surface area (Å²) in [5.41, 5.74) is 6.57. The number of nitrogens with one attached hydrogen (secondary N) is 2.